The molecule has 1 aromatic rings. The van der Waals surface area contributed by atoms with E-state index in [-0.39, 0.29) is 5.92 Å². The summed E-state index contributed by atoms with van der Waals surface area (Å²) in [6.07, 6.45) is 4.37. The third-order valence-corrected chi connectivity index (χ3v) is 5.08. The SMILES string of the molecule is O=C(c1ccc2c(c1)CCO2)C1CC12CCNCC2. The zero-order valence-corrected chi connectivity index (χ0v) is 11.1. The molecule has 0 amide bonds. The smallest absolute Gasteiger partial charge is 0.166 e. The van der Waals surface area contributed by atoms with E-state index in [1.165, 1.54) is 5.56 Å². The van der Waals surface area contributed by atoms with Crippen molar-refractivity contribution in [3.63, 3.8) is 0 Å². The molecular weight excluding hydrogens is 238 g/mol. The lowest BCUT2D eigenvalue weighted by Gasteiger charge is -2.23. The van der Waals surface area contributed by atoms with Crippen LogP contribution in [0.15, 0.2) is 18.2 Å². The molecule has 3 aliphatic rings. The number of ether oxygens (including phenoxy) is 1. The Bertz CT molecular complexity index is 532. The van der Waals surface area contributed by atoms with Gasteiger partial charge in [-0.3, -0.25) is 4.79 Å². The van der Waals surface area contributed by atoms with E-state index in [9.17, 15) is 4.79 Å². The van der Waals surface area contributed by atoms with Crippen LogP contribution in [0.25, 0.3) is 0 Å². The normalized spacial score (nSPS) is 26.8. The number of nitrogens with one attached hydrogen (secondary N) is 1. The Hall–Kier alpha value is -1.35. The summed E-state index contributed by atoms with van der Waals surface area (Å²) in [5, 5.41) is 3.39. The number of Topliss-reactive ketones (excluding diaryl/α,β-unsaturated/α-hetero) is 1. The second-order valence-electron chi connectivity index (χ2n) is 6.15. The second kappa shape index (κ2) is 4.07. The maximum atomic E-state index is 12.6. The number of fused-ring (bicyclic) bond motifs is 1. The standard InChI is InChI=1S/C16H19NO2/c18-15(13-10-16(13)4-6-17-7-5-16)12-1-2-14-11(9-12)3-8-19-14/h1-2,9,13,17H,3-8,10H2. The van der Waals surface area contributed by atoms with Gasteiger partial charge in [0, 0.05) is 17.9 Å². The molecule has 0 radical (unpaired) electrons. The van der Waals surface area contributed by atoms with Gasteiger partial charge < -0.3 is 10.1 Å². The predicted octanol–water partition coefficient (Wildman–Crippen LogP) is 2.19. The fraction of sp³-hybridized carbons (Fsp3) is 0.562. The number of piperidine rings is 1. The van der Waals surface area contributed by atoms with Crippen LogP contribution < -0.4 is 10.1 Å². The number of ketones is 1. The zero-order chi connectivity index (χ0) is 12.9. The Labute approximate surface area is 113 Å². The molecule has 2 heterocycles. The van der Waals surface area contributed by atoms with Gasteiger partial charge in [0.15, 0.2) is 5.78 Å². The van der Waals surface area contributed by atoms with E-state index in [2.05, 4.69) is 11.4 Å². The minimum absolute atomic E-state index is 0.273. The van der Waals surface area contributed by atoms with Crippen molar-refractivity contribution >= 4 is 5.78 Å². The van der Waals surface area contributed by atoms with Crippen LogP contribution in [-0.2, 0) is 6.42 Å². The highest BCUT2D eigenvalue weighted by atomic mass is 16.5. The van der Waals surface area contributed by atoms with E-state index in [0.717, 1.165) is 56.7 Å². The van der Waals surface area contributed by atoms with Crippen LogP contribution >= 0.6 is 0 Å². The van der Waals surface area contributed by atoms with E-state index in [0.29, 0.717) is 11.2 Å². The lowest BCUT2D eigenvalue weighted by molar-refractivity contribution is 0.0940. The minimum Gasteiger partial charge on any atom is -0.493 e. The van der Waals surface area contributed by atoms with Crippen molar-refractivity contribution in [1.29, 1.82) is 0 Å². The summed E-state index contributed by atoms with van der Waals surface area (Å²) in [6, 6.07) is 5.96. The van der Waals surface area contributed by atoms with Crippen LogP contribution in [0.2, 0.25) is 0 Å². The third-order valence-electron chi connectivity index (χ3n) is 5.08. The van der Waals surface area contributed by atoms with E-state index < -0.39 is 0 Å². The maximum Gasteiger partial charge on any atom is 0.166 e. The third kappa shape index (κ3) is 1.79. The molecule has 1 saturated heterocycles. The number of benzene rings is 1. The number of rotatable bonds is 2. The maximum absolute atomic E-state index is 12.6. The van der Waals surface area contributed by atoms with Crippen molar-refractivity contribution in [2.24, 2.45) is 11.3 Å². The lowest BCUT2D eigenvalue weighted by atomic mass is 9.89. The van der Waals surface area contributed by atoms with Crippen molar-refractivity contribution in [3.05, 3.63) is 29.3 Å². The topological polar surface area (TPSA) is 38.3 Å². The summed E-state index contributed by atoms with van der Waals surface area (Å²) < 4.78 is 5.50. The van der Waals surface area contributed by atoms with E-state index >= 15 is 0 Å². The molecule has 2 aliphatic heterocycles. The monoisotopic (exact) mass is 257 g/mol. The Balaban J connectivity index is 1.55. The Kier molecular flexibility index (Phi) is 2.46. The first kappa shape index (κ1) is 11.5. The quantitative estimate of drug-likeness (QED) is 0.825. The van der Waals surface area contributed by atoms with Crippen molar-refractivity contribution in [3.8, 4) is 5.75 Å². The first-order chi connectivity index (χ1) is 9.28. The average Bonchev–Trinajstić information content (AvgIpc) is 2.93. The van der Waals surface area contributed by atoms with E-state index in [4.69, 9.17) is 4.74 Å². The Morgan fingerprint density at radius 2 is 2.16 bits per heavy atom. The molecule has 1 N–H and O–H groups in total. The molecule has 1 atom stereocenters. The first-order valence-electron chi connectivity index (χ1n) is 7.29. The van der Waals surface area contributed by atoms with Crippen LogP contribution in [0.3, 0.4) is 0 Å². The van der Waals surface area contributed by atoms with Crippen LogP contribution in [0.1, 0.15) is 35.2 Å². The summed E-state index contributed by atoms with van der Waals surface area (Å²) in [6.45, 7) is 2.90. The van der Waals surface area contributed by atoms with Crippen LogP contribution in [0.4, 0.5) is 0 Å². The molecule has 1 aliphatic carbocycles. The van der Waals surface area contributed by atoms with E-state index in [1.54, 1.807) is 0 Å². The zero-order valence-electron chi connectivity index (χ0n) is 11.1. The summed E-state index contributed by atoms with van der Waals surface area (Å²) in [7, 11) is 0. The van der Waals surface area contributed by atoms with Gasteiger partial charge in [0.2, 0.25) is 0 Å². The molecule has 4 rings (SSSR count). The molecule has 2 fully saturated rings. The summed E-state index contributed by atoms with van der Waals surface area (Å²) >= 11 is 0. The molecule has 19 heavy (non-hydrogen) atoms. The molecule has 1 spiro atoms. The highest BCUT2D eigenvalue weighted by Crippen LogP contribution is 2.59. The second-order valence-corrected chi connectivity index (χ2v) is 6.15. The number of carbonyl (C=O) groups is 1. The van der Waals surface area contributed by atoms with Gasteiger partial charge in [-0.2, -0.15) is 0 Å². The van der Waals surface area contributed by atoms with Gasteiger partial charge in [-0.25, -0.2) is 0 Å². The number of carbonyl (C=O) groups excluding carboxylic acids is 1. The van der Waals surface area contributed by atoms with Crippen molar-refractivity contribution in [2.45, 2.75) is 25.7 Å². The van der Waals surface area contributed by atoms with Crippen molar-refractivity contribution in [1.82, 2.24) is 5.32 Å². The summed E-state index contributed by atoms with van der Waals surface area (Å²) in [5.41, 5.74) is 2.42. The summed E-state index contributed by atoms with van der Waals surface area (Å²) in [4.78, 5) is 12.6. The van der Waals surface area contributed by atoms with Crippen molar-refractivity contribution < 1.29 is 9.53 Å². The molecule has 3 nitrogen and oxygen atoms in total. The highest BCUT2D eigenvalue weighted by molar-refractivity contribution is 6.00. The van der Waals surface area contributed by atoms with Gasteiger partial charge in [-0.05, 0) is 61.5 Å². The largest absolute Gasteiger partial charge is 0.493 e. The molecule has 0 bridgehead atoms. The molecule has 1 aromatic carbocycles. The van der Waals surface area contributed by atoms with Crippen LogP contribution in [0.5, 0.6) is 5.75 Å². The molecular formula is C16H19NO2. The fourth-order valence-corrected chi connectivity index (χ4v) is 3.74. The van der Waals surface area contributed by atoms with Gasteiger partial charge in [0.25, 0.3) is 0 Å². The van der Waals surface area contributed by atoms with Gasteiger partial charge in [-0.1, -0.05) is 0 Å². The number of hydrogen-bond acceptors (Lipinski definition) is 3. The molecule has 1 unspecified atom stereocenters. The number of hydrogen-bond donors (Lipinski definition) is 1. The Morgan fingerprint density at radius 1 is 1.32 bits per heavy atom. The molecule has 3 heteroatoms. The van der Waals surface area contributed by atoms with Gasteiger partial charge in [0.05, 0.1) is 6.61 Å². The predicted molar refractivity (Wildman–Crippen MR) is 72.6 cm³/mol. The van der Waals surface area contributed by atoms with Crippen LogP contribution in [0, 0.1) is 11.3 Å². The average molecular weight is 257 g/mol. The lowest BCUT2D eigenvalue weighted by Crippen LogP contribution is -2.30. The molecule has 0 aromatic heterocycles. The van der Waals surface area contributed by atoms with E-state index in [1.807, 2.05) is 12.1 Å². The fourth-order valence-electron chi connectivity index (χ4n) is 3.74. The molecule has 1 saturated carbocycles. The minimum atomic E-state index is 0.273. The van der Waals surface area contributed by atoms with Gasteiger partial charge in [-0.15, -0.1) is 0 Å². The molecule has 100 valence electrons. The first-order valence-corrected chi connectivity index (χ1v) is 7.29. The summed E-state index contributed by atoms with van der Waals surface area (Å²) in [5.74, 6) is 1.59. The van der Waals surface area contributed by atoms with Crippen molar-refractivity contribution in [2.75, 3.05) is 19.7 Å². The van der Waals surface area contributed by atoms with Crippen LogP contribution in [-0.4, -0.2) is 25.5 Å². The van der Waals surface area contributed by atoms with Gasteiger partial charge >= 0.3 is 0 Å². The Morgan fingerprint density at radius 3 is 3.00 bits per heavy atom. The van der Waals surface area contributed by atoms with Gasteiger partial charge in [0.1, 0.15) is 5.75 Å². The highest BCUT2D eigenvalue weighted by Gasteiger charge is 2.57.